The Labute approximate surface area is 478 Å². The molecule has 446 valence electrons. The van der Waals surface area contributed by atoms with Crippen LogP contribution in [0.25, 0.3) is 0 Å². The minimum Gasteiger partial charge on any atom is -0.462 e. The molecule has 0 aliphatic heterocycles. The highest BCUT2D eigenvalue weighted by atomic mass is 16.6. The van der Waals surface area contributed by atoms with Gasteiger partial charge in [0.1, 0.15) is 13.2 Å². The Morgan fingerprint density at radius 1 is 0.286 bits per heavy atom. The second-order valence-corrected chi connectivity index (χ2v) is 22.4. The topological polar surface area (TPSA) is 78.9 Å². The Hall–Kier alpha value is -3.15. The zero-order chi connectivity index (χ0) is 55.7. The molecule has 0 aromatic carbocycles. The average molecular weight is 1080 g/mol. The largest absolute Gasteiger partial charge is 0.462 e. The van der Waals surface area contributed by atoms with Gasteiger partial charge in [-0.25, -0.2) is 0 Å². The van der Waals surface area contributed by atoms with Crippen LogP contribution in [0.5, 0.6) is 0 Å². The van der Waals surface area contributed by atoms with Crippen molar-refractivity contribution in [3.05, 3.63) is 72.9 Å². The lowest BCUT2D eigenvalue weighted by molar-refractivity contribution is -0.166. The van der Waals surface area contributed by atoms with Gasteiger partial charge in [0.05, 0.1) is 6.42 Å². The zero-order valence-electron chi connectivity index (χ0n) is 51.2. The molecule has 0 rings (SSSR count). The maximum atomic E-state index is 12.8. The van der Waals surface area contributed by atoms with Crippen molar-refractivity contribution in [2.24, 2.45) is 0 Å². The molecule has 0 aromatic rings. The van der Waals surface area contributed by atoms with Crippen LogP contribution >= 0.6 is 0 Å². The van der Waals surface area contributed by atoms with Gasteiger partial charge in [-0.1, -0.05) is 331 Å². The van der Waals surface area contributed by atoms with E-state index >= 15 is 0 Å². The Morgan fingerprint density at radius 2 is 0.571 bits per heavy atom. The van der Waals surface area contributed by atoms with Crippen molar-refractivity contribution in [2.45, 2.75) is 348 Å². The first-order chi connectivity index (χ1) is 38.0. The number of unbranched alkanes of at least 4 members (excludes halogenated alkanes) is 39. The Balaban J connectivity index is 4.06. The van der Waals surface area contributed by atoms with Gasteiger partial charge in [0.15, 0.2) is 6.10 Å². The van der Waals surface area contributed by atoms with Crippen LogP contribution in [0.15, 0.2) is 72.9 Å². The van der Waals surface area contributed by atoms with Gasteiger partial charge in [-0.3, -0.25) is 14.4 Å². The molecule has 1 atom stereocenters. The monoisotopic (exact) mass is 1070 g/mol. The molecular formula is C71H126O6. The van der Waals surface area contributed by atoms with Crippen molar-refractivity contribution >= 4 is 17.9 Å². The van der Waals surface area contributed by atoms with E-state index < -0.39 is 12.1 Å². The van der Waals surface area contributed by atoms with E-state index in [-0.39, 0.29) is 31.6 Å². The van der Waals surface area contributed by atoms with Crippen LogP contribution in [0.3, 0.4) is 0 Å². The normalized spacial score (nSPS) is 12.5. The average Bonchev–Trinajstić information content (AvgIpc) is 3.43. The third-order valence-corrected chi connectivity index (χ3v) is 14.7. The molecule has 0 fully saturated rings. The lowest BCUT2D eigenvalue weighted by Crippen LogP contribution is -2.30. The number of hydrogen-bond donors (Lipinski definition) is 0. The molecule has 0 amide bonds. The van der Waals surface area contributed by atoms with E-state index in [1.165, 1.54) is 212 Å². The predicted molar refractivity (Wildman–Crippen MR) is 335 cm³/mol. The molecule has 0 radical (unpaired) electrons. The molecule has 0 aliphatic carbocycles. The highest BCUT2D eigenvalue weighted by molar-refractivity contribution is 5.72. The standard InChI is InChI=1S/C71H126O6/c1-4-7-10-13-16-19-22-24-26-27-28-29-30-31-32-33-34-35-36-37-38-39-40-41-42-43-44-46-47-49-52-55-58-61-64-70(73)76-67-68(66-75-69(72)63-60-57-54-51-21-18-15-12-9-6-3)77-71(74)65-62-59-56-53-50-48-45-25-23-20-17-14-11-8-5-2/h8,11-12,15,17,20,25,45,50,53,59,62,68H,4-7,9-10,13-14,16,18-19,21-24,26-44,46-49,51-52,54-58,60-61,63-67H2,1-3H3/b11-8-,15-12-,20-17-,45-25-,53-50-,62-59-. The summed E-state index contributed by atoms with van der Waals surface area (Å²) >= 11 is 0. The SMILES string of the molecule is CC/C=C\C/C=C\C/C=C\C/C=C\C/C=C\CC(=O)OC(COC(=O)CCCCCCC/C=C\CCC)COC(=O)CCCCCCCCCCCCCCCCCCCCCCCCCCCCCCCCCCCC. The van der Waals surface area contributed by atoms with Gasteiger partial charge in [-0.05, 0) is 64.2 Å². The first kappa shape index (κ1) is 73.8. The van der Waals surface area contributed by atoms with Crippen LogP contribution < -0.4 is 0 Å². The fraction of sp³-hybridized carbons (Fsp3) is 0.789. The van der Waals surface area contributed by atoms with Crippen LogP contribution in [-0.4, -0.2) is 37.2 Å². The molecule has 0 aliphatic rings. The maximum Gasteiger partial charge on any atom is 0.310 e. The molecule has 0 spiro atoms. The molecule has 6 nitrogen and oxygen atoms in total. The molecular weight excluding hydrogens is 949 g/mol. The van der Waals surface area contributed by atoms with E-state index in [9.17, 15) is 14.4 Å². The summed E-state index contributed by atoms with van der Waals surface area (Å²) in [6.07, 6.45) is 85.7. The number of carbonyl (C=O) groups is 3. The molecule has 0 heterocycles. The molecule has 77 heavy (non-hydrogen) atoms. The van der Waals surface area contributed by atoms with E-state index in [1.54, 1.807) is 6.08 Å². The number of hydrogen-bond acceptors (Lipinski definition) is 6. The summed E-state index contributed by atoms with van der Waals surface area (Å²) in [4.78, 5) is 38.1. The van der Waals surface area contributed by atoms with Gasteiger partial charge in [0.25, 0.3) is 0 Å². The maximum absolute atomic E-state index is 12.8. The summed E-state index contributed by atoms with van der Waals surface area (Å²) in [6.45, 7) is 6.41. The van der Waals surface area contributed by atoms with Crippen molar-refractivity contribution in [1.29, 1.82) is 0 Å². The Morgan fingerprint density at radius 3 is 0.896 bits per heavy atom. The summed E-state index contributed by atoms with van der Waals surface area (Å²) in [7, 11) is 0. The summed E-state index contributed by atoms with van der Waals surface area (Å²) in [5, 5.41) is 0. The lowest BCUT2D eigenvalue weighted by atomic mass is 10.0. The molecule has 0 saturated carbocycles. The Bertz CT molecular complexity index is 1420. The van der Waals surface area contributed by atoms with Crippen LogP contribution in [0.4, 0.5) is 0 Å². The number of ether oxygens (including phenoxy) is 3. The number of esters is 3. The Kier molecular flexibility index (Phi) is 62.7. The van der Waals surface area contributed by atoms with Crippen LogP contribution in [-0.2, 0) is 28.6 Å². The molecule has 6 heteroatoms. The van der Waals surface area contributed by atoms with Crippen molar-refractivity contribution in [3.63, 3.8) is 0 Å². The zero-order valence-corrected chi connectivity index (χ0v) is 51.2. The molecule has 1 unspecified atom stereocenters. The van der Waals surface area contributed by atoms with E-state index in [1.807, 2.05) is 6.08 Å². The first-order valence-corrected chi connectivity index (χ1v) is 33.4. The molecule has 0 bridgehead atoms. The fourth-order valence-electron chi connectivity index (χ4n) is 9.76. The quantitative estimate of drug-likeness (QED) is 0.0261. The summed E-state index contributed by atoms with van der Waals surface area (Å²) < 4.78 is 16.7. The fourth-order valence-corrected chi connectivity index (χ4v) is 9.76. The summed E-state index contributed by atoms with van der Waals surface area (Å²) in [5.74, 6) is -1.05. The van der Waals surface area contributed by atoms with Crippen molar-refractivity contribution in [1.82, 2.24) is 0 Å². The van der Waals surface area contributed by atoms with Gasteiger partial charge in [0, 0.05) is 12.8 Å². The van der Waals surface area contributed by atoms with E-state index in [2.05, 4.69) is 81.5 Å². The van der Waals surface area contributed by atoms with Gasteiger partial charge >= 0.3 is 17.9 Å². The van der Waals surface area contributed by atoms with E-state index in [0.29, 0.717) is 12.8 Å². The minimum atomic E-state index is -0.832. The highest BCUT2D eigenvalue weighted by Gasteiger charge is 2.19. The van der Waals surface area contributed by atoms with E-state index in [0.717, 1.165) is 89.9 Å². The number of carbonyl (C=O) groups excluding carboxylic acids is 3. The van der Waals surface area contributed by atoms with Gasteiger partial charge in [-0.2, -0.15) is 0 Å². The van der Waals surface area contributed by atoms with Crippen molar-refractivity contribution < 1.29 is 28.6 Å². The smallest absolute Gasteiger partial charge is 0.310 e. The summed E-state index contributed by atoms with van der Waals surface area (Å²) in [6, 6.07) is 0. The van der Waals surface area contributed by atoms with Crippen molar-refractivity contribution in [3.8, 4) is 0 Å². The second kappa shape index (κ2) is 65.4. The predicted octanol–water partition coefficient (Wildman–Crippen LogP) is 22.9. The molecule has 0 saturated heterocycles. The highest BCUT2D eigenvalue weighted by Crippen LogP contribution is 2.18. The van der Waals surface area contributed by atoms with Gasteiger partial charge in [0.2, 0.25) is 0 Å². The summed E-state index contributed by atoms with van der Waals surface area (Å²) in [5.41, 5.74) is 0. The van der Waals surface area contributed by atoms with Crippen LogP contribution in [0.1, 0.15) is 342 Å². The van der Waals surface area contributed by atoms with Crippen LogP contribution in [0.2, 0.25) is 0 Å². The van der Waals surface area contributed by atoms with Gasteiger partial charge in [-0.15, -0.1) is 0 Å². The first-order valence-electron chi connectivity index (χ1n) is 33.4. The molecule has 0 aromatic heterocycles. The third kappa shape index (κ3) is 63.6. The van der Waals surface area contributed by atoms with E-state index in [4.69, 9.17) is 14.2 Å². The van der Waals surface area contributed by atoms with Crippen LogP contribution in [0, 0.1) is 0 Å². The lowest BCUT2D eigenvalue weighted by Gasteiger charge is -2.18. The van der Waals surface area contributed by atoms with Gasteiger partial charge < -0.3 is 14.2 Å². The third-order valence-electron chi connectivity index (χ3n) is 14.7. The number of rotatable bonds is 61. The number of allylic oxidation sites excluding steroid dienone is 11. The second-order valence-electron chi connectivity index (χ2n) is 22.4. The molecule has 0 N–H and O–H groups in total. The van der Waals surface area contributed by atoms with Crippen molar-refractivity contribution in [2.75, 3.05) is 13.2 Å². The minimum absolute atomic E-state index is 0.0973.